The van der Waals surface area contributed by atoms with Crippen LogP contribution in [0.1, 0.15) is 13.3 Å². The lowest BCUT2D eigenvalue weighted by atomic mass is 10.1. The Bertz CT molecular complexity index is 1170. The highest BCUT2D eigenvalue weighted by molar-refractivity contribution is 6.08. The Morgan fingerprint density at radius 3 is 2.58 bits per heavy atom. The van der Waals surface area contributed by atoms with Gasteiger partial charge in [-0.1, -0.05) is 36.4 Å². The van der Waals surface area contributed by atoms with Crippen LogP contribution in [0.2, 0.25) is 0 Å². The smallest absolute Gasteiger partial charge is 0.229 e. The summed E-state index contributed by atoms with van der Waals surface area (Å²) in [6.07, 6.45) is 0.128. The summed E-state index contributed by atoms with van der Waals surface area (Å²) in [5.74, 6) is -0.599. The van der Waals surface area contributed by atoms with Crippen LogP contribution in [0.15, 0.2) is 60.7 Å². The Labute approximate surface area is 180 Å². The lowest BCUT2D eigenvalue weighted by Gasteiger charge is -2.19. The van der Waals surface area contributed by atoms with Crippen molar-refractivity contribution < 1.29 is 19.1 Å². The standard InChI is InChI=1S/C24H23N3O4/c1-15(28)25-18-10-11-22(31-2)20(13-18)26-24(30)17-12-23(29)27(14-17)21-9-5-7-16-6-3-4-8-19(16)21/h3-11,13,17H,12,14H2,1-2H3,(H,25,28)(H,26,30). The molecule has 0 bridgehead atoms. The average molecular weight is 417 g/mol. The Morgan fingerprint density at radius 2 is 1.81 bits per heavy atom. The number of ether oxygens (including phenoxy) is 1. The molecule has 3 aromatic carbocycles. The van der Waals surface area contributed by atoms with Gasteiger partial charge in [-0.2, -0.15) is 0 Å². The summed E-state index contributed by atoms with van der Waals surface area (Å²) >= 11 is 0. The van der Waals surface area contributed by atoms with Crippen molar-refractivity contribution in [2.24, 2.45) is 5.92 Å². The molecule has 1 aliphatic heterocycles. The summed E-state index contributed by atoms with van der Waals surface area (Å²) in [7, 11) is 1.50. The molecule has 3 aromatic rings. The van der Waals surface area contributed by atoms with Crippen LogP contribution < -0.4 is 20.3 Å². The van der Waals surface area contributed by atoms with Gasteiger partial charge in [0.2, 0.25) is 17.7 Å². The second-order valence-corrected chi connectivity index (χ2v) is 7.49. The fraction of sp³-hybridized carbons (Fsp3) is 0.208. The van der Waals surface area contributed by atoms with Gasteiger partial charge in [0.05, 0.1) is 24.4 Å². The van der Waals surface area contributed by atoms with Crippen molar-refractivity contribution in [3.05, 3.63) is 60.7 Å². The van der Waals surface area contributed by atoms with Crippen LogP contribution in [0.25, 0.3) is 10.8 Å². The fourth-order valence-electron chi connectivity index (χ4n) is 3.88. The van der Waals surface area contributed by atoms with Gasteiger partial charge >= 0.3 is 0 Å². The van der Waals surface area contributed by atoms with E-state index >= 15 is 0 Å². The van der Waals surface area contributed by atoms with E-state index < -0.39 is 5.92 Å². The number of methoxy groups -OCH3 is 1. The topological polar surface area (TPSA) is 87.7 Å². The monoisotopic (exact) mass is 417 g/mol. The third-order valence-electron chi connectivity index (χ3n) is 5.33. The zero-order chi connectivity index (χ0) is 22.0. The van der Waals surface area contributed by atoms with E-state index in [0.29, 0.717) is 23.7 Å². The molecule has 1 aliphatic rings. The molecule has 0 radical (unpaired) electrons. The van der Waals surface area contributed by atoms with Gasteiger partial charge in [0, 0.05) is 31.0 Å². The summed E-state index contributed by atoms with van der Waals surface area (Å²) < 4.78 is 5.32. The third-order valence-corrected chi connectivity index (χ3v) is 5.33. The highest BCUT2D eigenvalue weighted by Crippen LogP contribution is 2.33. The molecule has 1 fully saturated rings. The Balaban J connectivity index is 1.54. The molecular weight excluding hydrogens is 394 g/mol. The molecule has 0 saturated carbocycles. The number of nitrogens with zero attached hydrogens (tertiary/aromatic N) is 1. The maximum absolute atomic E-state index is 13.0. The Hall–Kier alpha value is -3.87. The minimum absolute atomic E-state index is 0.0875. The summed E-state index contributed by atoms with van der Waals surface area (Å²) in [6, 6.07) is 18.7. The van der Waals surface area contributed by atoms with Gasteiger partial charge in [0.1, 0.15) is 5.75 Å². The molecule has 3 amide bonds. The van der Waals surface area contributed by atoms with E-state index in [1.807, 2.05) is 42.5 Å². The molecule has 31 heavy (non-hydrogen) atoms. The van der Waals surface area contributed by atoms with Crippen molar-refractivity contribution in [3.63, 3.8) is 0 Å². The molecule has 1 saturated heterocycles. The van der Waals surface area contributed by atoms with Crippen LogP contribution in [-0.2, 0) is 14.4 Å². The summed E-state index contributed by atoms with van der Waals surface area (Å²) in [5.41, 5.74) is 1.79. The van der Waals surface area contributed by atoms with Gasteiger partial charge < -0.3 is 20.3 Å². The average Bonchev–Trinajstić information content (AvgIpc) is 3.15. The van der Waals surface area contributed by atoms with Crippen molar-refractivity contribution in [1.82, 2.24) is 0 Å². The number of carbonyl (C=O) groups excluding carboxylic acids is 3. The molecular formula is C24H23N3O4. The predicted octanol–water partition coefficient (Wildman–Crippen LogP) is 3.80. The largest absolute Gasteiger partial charge is 0.495 e. The van der Waals surface area contributed by atoms with E-state index in [2.05, 4.69) is 10.6 Å². The van der Waals surface area contributed by atoms with Crippen molar-refractivity contribution in [1.29, 1.82) is 0 Å². The molecule has 4 rings (SSSR count). The van der Waals surface area contributed by atoms with E-state index in [4.69, 9.17) is 4.74 Å². The van der Waals surface area contributed by atoms with E-state index in [9.17, 15) is 14.4 Å². The maximum Gasteiger partial charge on any atom is 0.229 e. The summed E-state index contributed by atoms with van der Waals surface area (Å²) in [4.78, 5) is 38.7. The summed E-state index contributed by atoms with van der Waals surface area (Å²) in [5, 5.41) is 7.55. The number of hydrogen-bond donors (Lipinski definition) is 2. The first-order valence-electron chi connectivity index (χ1n) is 10.0. The first-order chi connectivity index (χ1) is 15.0. The second-order valence-electron chi connectivity index (χ2n) is 7.49. The van der Waals surface area contributed by atoms with Crippen molar-refractivity contribution >= 4 is 45.6 Å². The van der Waals surface area contributed by atoms with Gasteiger partial charge in [-0.25, -0.2) is 0 Å². The maximum atomic E-state index is 13.0. The van der Waals surface area contributed by atoms with Crippen molar-refractivity contribution in [3.8, 4) is 5.75 Å². The zero-order valence-corrected chi connectivity index (χ0v) is 17.3. The highest BCUT2D eigenvalue weighted by atomic mass is 16.5. The first kappa shape index (κ1) is 20.4. The molecule has 0 spiro atoms. The molecule has 0 aromatic heterocycles. The normalized spacial score (nSPS) is 15.7. The van der Waals surface area contributed by atoms with E-state index in [1.165, 1.54) is 14.0 Å². The lowest BCUT2D eigenvalue weighted by Crippen LogP contribution is -2.28. The minimum Gasteiger partial charge on any atom is -0.495 e. The Morgan fingerprint density at radius 1 is 1.03 bits per heavy atom. The molecule has 1 atom stereocenters. The number of hydrogen-bond acceptors (Lipinski definition) is 4. The molecule has 1 unspecified atom stereocenters. The van der Waals surface area contributed by atoms with Crippen LogP contribution in [-0.4, -0.2) is 31.4 Å². The van der Waals surface area contributed by atoms with Gasteiger partial charge in [-0.05, 0) is 29.7 Å². The van der Waals surface area contributed by atoms with Gasteiger partial charge in [0.15, 0.2) is 0 Å². The van der Waals surface area contributed by atoms with Gasteiger partial charge in [-0.3, -0.25) is 14.4 Å². The minimum atomic E-state index is -0.499. The molecule has 1 heterocycles. The number of amides is 3. The highest BCUT2D eigenvalue weighted by Gasteiger charge is 2.36. The number of nitrogens with one attached hydrogen (secondary N) is 2. The second kappa shape index (κ2) is 8.47. The number of rotatable bonds is 5. The van der Waals surface area contributed by atoms with Gasteiger partial charge in [0.25, 0.3) is 0 Å². The lowest BCUT2D eigenvalue weighted by molar-refractivity contribution is -0.122. The van der Waals surface area contributed by atoms with Crippen LogP contribution in [0.4, 0.5) is 17.1 Å². The first-order valence-corrected chi connectivity index (χ1v) is 10.0. The van der Waals surface area contributed by atoms with Crippen LogP contribution >= 0.6 is 0 Å². The molecule has 2 N–H and O–H groups in total. The number of anilines is 3. The molecule has 7 heteroatoms. The third kappa shape index (κ3) is 4.21. The zero-order valence-electron chi connectivity index (χ0n) is 17.3. The van der Waals surface area contributed by atoms with Crippen LogP contribution in [0.5, 0.6) is 5.75 Å². The molecule has 158 valence electrons. The fourth-order valence-corrected chi connectivity index (χ4v) is 3.88. The summed E-state index contributed by atoms with van der Waals surface area (Å²) in [6.45, 7) is 1.71. The van der Waals surface area contributed by atoms with E-state index in [0.717, 1.165) is 16.5 Å². The SMILES string of the molecule is COc1ccc(NC(C)=O)cc1NC(=O)C1CC(=O)N(c2cccc3ccccc23)C1. The van der Waals surface area contributed by atoms with Crippen molar-refractivity contribution in [2.45, 2.75) is 13.3 Å². The quantitative estimate of drug-likeness (QED) is 0.661. The van der Waals surface area contributed by atoms with E-state index in [-0.39, 0.29) is 24.1 Å². The Kier molecular flexibility index (Phi) is 5.58. The van der Waals surface area contributed by atoms with Crippen LogP contribution in [0, 0.1) is 5.92 Å². The predicted molar refractivity (Wildman–Crippen MR) is 120 cm³/mol. The number of fused-ring (bicyclic) bond motifs is 1. The van der Waals surface area contributed by atoms with Crippen molar-refractivity contribution in [2.75, 3.05) is 29.2 Å². The molecule has 7 nitrogen and oxygen atoms in total. The number of carbonyl (C=O) groups is 3. The molecule has 0 aliphatic carbocycles. The number of benzene rings is 3. The van der Waals surface area contributed by atoms with Gasteiger partial charge in [-0.15, -0.1) is 0 Å². The van der Waals surface area contributed by atoms with E-state index in [1.54, 1.807) is 23.1 Å². The van der Waals surface area contributed by atoms with Crippen LogP contribution in [0.3, 0.4) is 0 Å².